The van der Waals surface area contributed by atoms with Gasteiger partial charge in [-0.1, -0.05) is 26.3 Å². The minimum absolute atomic E-state index is 0.230. The molecule has 0 heterocycles. The molecule has 0 saturated heterocycles. The van der Waals surface area contributed by atoms with Crippen molar-refractivity contribution in [3.8, 4) is 12.3 Å². The maximum atomic E-state index is 5.28. The summed E-state index contributed by atoms with van der Waals surface area (Å²) in [6, 6.07) is 0. The molecule has 0 aliphatic carbocycles. The molecule has 0 bridgehead atoms. The molecule has 12 heavy (non-hydrogen) atoms. The molecule has 0 aromatic rings. The van der Waals surface area contributed by atoms with E-state index >= 15 is 0 Å². The maximum Gasteiger partial charge on any atom is 0.0620 e. The molecule has 1 nitrogen and oxygen atoms in total. The van der Waals surface area contributed by atoms with Crippen LogP contribution >= 0.6 is 0 Å². The number of methoxy groups -OCH3 is 1. The highest BCUT2D eigenvalue weighted by Gasteiger charge is 2.09. The van der Waals surface area contributed by atoms with E-state index in [1.807, 2.05) is 0 Å². The summed E-state index contributed by atoms with van der Waals surface area (Å²) in [5, 5.41) is 0. The highest BCUT2D eigenvalue weighted by atomic mass is 16.5. The fourth-order valence-corrected chi connectivity index (χ4v) is 1.12. The summed E-state index contributed by atoms with van der Waals surface area (Å²) >= 11 is 0. The smallest absolute Gasteiger partial charge is 0.0620 e. The van der Waals surface area contributed by atoms with E-state index in [2.05, 4.69) is 26.3 Å². The minimum Gasteiger partial charge on any atom is -0.381 e. The first-order valence-electron chi connectivity index (χ1n) is 4.27. The van der Waals surface area contributed by atoms with Gasteiger partial charge in [0.05, 0.1) is 6.10 Å². The van der Waals surface area contributed by atoms with Crippen molar-refractivity contribution >= 4 is 0 Å². The Kier molecular flexibility index (Phi) is 5.49. The molecule has 0 aromatic carbocycles. The van der Waals surface area contributed by atoms with Crippen LogP contribution in [0.25, 0.3) is 0 Å². The lowest BCUT2D eigenvalue weighted by Crippen LogP contribution is -2.13. The van der Waals surface area contributed by atoms with Crippen LogP contribution in [0.5, 0.6) is 0 Å². The minimum atomic E-state index is 0.230. The number of rotatable bonds is 5. The van der Waals surface area contributed by atoms with E-state index in [0.29, 0.717) is 5.92 Å². The van der Waals surface area contributed by atoms with E-state index in [-0.39, 0.29) is 6.10 Å². The zero-order chi connectivity index (χ0) is 9.56. The fraction of sp³-hybridized carbons (Fsp3) is 0.636. The predicted octanol–water partition coefficient (Wildman–Crippen LogP) is 2.63. The summed E-state index contributed by atoms with van der Waals surface area (Å²) < 4.78 is 5.28. The van der Waals surface area contributed by atoms with Crippen molar-refractivity contribution in [2.75, 3.05) is 7.11 Å². The molecule has 0 unspecified atom stereocenters. The van der Waals surface area contributed by atoms with Crippen LogP contribution in [0.1, 0.15) is 26.7 Å². The van der Waals surface area contributed by atoms with Crippen molar-refractivity contribution in [1.82, 2.24) is 0 Å². The Balaban J connectivity index is 3.84. The summed E-state index contributed by atoms with van der Waals surface area (Å²) in [5.74, 6) is 3.17. The first-order chi connectivity index (χ1) is 5.60. The first kappa shape index (κ1) is 11.3. The van der Waals surface area contributed by atoms with Crippen LogP contribution in [0, 0.1) is 18.3 Å². The Morgan fingerprint density at radius 1 is 1.58 bits per heavy atom. The zero-order valence-corrected chi connectivity index (χ0v) is 8.26. The summed E-state index contributed by atoms with van der Waals surface area (Å²) in [4.78, 5) is 0. The van der Waals surface area contributed by atoms with E-state index in [0.717, 1.165) is 18.4 Å². The van der Waals surface area contributed by atoms with Crippen LogP contribution in [0.2, 0.25) is 0 Å². The normalized spacial score (nSPS) is 12.6. The van der Waals surface area contributed by atoms with Crippen molar-refractivity contribution in [2.24, 2.45) is 5.92 Å². The van der Waals surface area contributed by atoms with Crippen LogP contribution in [0.15, 0.2) is 12.2 Å². The molecular formula is C11H18O. The molecule has 0 fully saturated rings. The summed E-state index contributed by atoms with van der Waals surface area (Å²) in [5.41, 5.74) is 0.822. The molecule has 0 spiro atoms. The highest BCUT2D eigenvalue weighted by molar-refractivity contribution is 5.21. The monoisotopic (exact) mass is 166 g/mol. The highest BCUT2D eigenvalue weighted by Crippen LogP contribution is 2.14. The van der Waals surface area contributed by atoms with Gasteiger partial charge in [0.25, 0.3) is 0 Å². The Bertz CT molecular complexity index is 174. The second-order valence-electron chi connectivity index (χ2n) is 3.44. The molecule has 1 atom stereocenters. The third-order valence-electron chi connectivity index (χ3n) is 1.75. The first-order valence-corrected chi connectivity index (χ1v) is 4.27. The molecule has 0 amide bonds. The number of terminal acetylenes is 1. The summed E-state index contributed by atoms with van der Waals surface area (Å²) in [7, 11) is 1.72. The van der Waals surface area contributed by atoms with Crippen molar-refractivity contribution in [3.63, 3.8) is 0 Å². The SMILES string of the molecule is C#CC(=C)C[C@H](CC(C)C)OC. The van der Waals surface area contributed by atoms with Gasteiger partial charge in [0.15, 0.2) is 0 Å². The lowest BCUT2D eigenvalue weighted by Gasteiger charge is -2.16. The van der Waals surface area contributed by atoms with Gasteiger partial charge in [0, 0.05) is 13.5 Å². The van der Waals surface area contributed by atoms with E-state index in [1.165, 1.54) is 0 Å². The second kappa shape index (κ2) is 5.85. The van der Waals surface area contributed by atoms with Crippen molar-refractivity contribution in [1.29, 1.82) is 0 Å². The fourth-order valence-electron chi connectivity index (χ4n) is 1.12. The molecule has 0 N–H and O–H groups in total. The van der Waals surface area contributed by atoms with Crippen molar-refractivity contribution in [3.05, 3.63) is 12.2 Å². The number of hydrogen-bond acceptors (Lipinski definition) is 1. The third kappa shape index (κ3) is 4.98. The van der Waals surface area contributed by atoms with E-state index in [4.69, 9.17) is 11.2 Å². The number of hydrogen-bond donors (Lipinski definition) is 0. The van der Waals surface area contributed by atoms with Gasteiger partial charge >= 0.3 is 0 Å². The van der Waals surface area contributed by atoms with Gasteiger partial charge in [0.1, 0.15) is 0 Å². The van der Waals surface area contributed by atoms with Crippen molar-refractivity contribution < 1.29 is 4.74 Å². The Morgan fingerprint density at radius 2 is 2.17 bits per heavy atom. The molecule has 1 heteroatoms. The standard InChI is InChI=1S/C11H18O/c1-6-10(4)8-11(12-5)7-9(2)3/h1,9,11H,4,7-8H2,2-3,5H3/t11-/m0/s1. The van der Waals surface area contributed by atoms with Gasteiger partial charge in [-0.2, -0.15) is 0 Å². The quantitative estimate of drug-likeness (QED) is 0.570. The average molecular weight is 166 g/mol. The molecule has 0 aliphatic rings. The largest absolute Gasteiger partial charge is 0.381 e. The van der Waals surface area contributed by atoms with Crippen LogP contribution in [-0.4, -0.2) is 13.2 Å². The molecule has 0 aliphatic heterocycles. The second-order valence-corrected chi connectivity index (χ2v) is 3.44. The van der Waals surface area contributed by atoms with E-state index in [9.17, 15) is 0 Å². The van der Waals surface area contributed by atoms with Crippen LogP contribution in [0.3, 0.4) is 0 Å². The van der Waals surface area contributed by atoms with Crippen molar-refractivity contribution in [2.45, 2.75) is 32.8 Å². The van der Waals surface area contributed by atoms with Gasteiger partial charge in [-0.15, -0.1) is 6.42 Å². The van der Waals surface area contributed by atoms with Crippen LogP contribution in [0.4, 0.5) is 0 Å². The molecule has 0 aromatic heterocycles. The van der Waals surface area contributed by atoms with Gasteiger partial charge in [-0.3, -0.25) is 0 Å². The maximum absolute atomic E-state index is 5.28. The Morgan fingerprint density at radius 3 is 2.50 bits per heavy atom. The van der Waals surface area contributed by atoms with Gasteiger partial charge in [-0.05, 0) is 17.9 Å². The van der Waals surface area contributed by atoms with E-state index in [1.54, 1.807) is 7.11 Å². The van der Waals surface area contributed by atoms with Crippen LogP contribution < -0.4 is 0 Å². The predicted molar refractivity (Wildman–Crippen MR) is 52.8 cm³/mol. The topological polar surface area (TPSA) is 9.23 Å². The molecule has 0 radical (unpaired) electrons. The van der Waals surface area contributed by atoms with Gasteiger partial charge in [-0.25, -0.2) is 0 Å². The van der Waals surface area contributed by atoms with Gasteiger partial charge < -0.3 is 4.74 Å². The molecular weight excluding hydrogens is 148 g/mol. The number of ether oxygens (including phenoxy) is 1. The summed E-state index contributed by atoms with van der Waals surface area (Å²) in [6.07, 6.45) is 7.25. The van der Waals surface area contributed by atoms with Crippen LogP contribution in [-0.2, 0) is 4.74 Å². The molecule has 0 saturated carbocycles. The summed E-state index contributed by atoms with van der Waals surface area (Å²) in [6.45, 7) is 8.09. The average Bonchev–Trinajstić information content (AvgIpc) is 2.02. The third-order valence-corrected chi connectivity index (χ3v) is 1.75. The van der Waals surface area contributed by atoms with E-state index < -0.39 is 0 Å². The molecule has 68 valence electrons. The van der Waals surface area contributed by atoms with Gasteiger partial charge in [0.2, 0.25) is 0 Å². The Hall–Kier alpha value is -0.740. The zero-order valence-electron chi connectivity index (χ0n) is 8.26. The lowest BCUT2D eigenvalue weighted by atomic mass is 10.0. The Labute approximate surface area is 75.8 Å². The molecule has 0 rings (SSSR count). The lowest BCUT2D eigenvalue weighted by molar-refractivity contribution is 0.0857.